The van der Waals surface area contributed by atoms with Crippen LogP contribution < -0.4 is 9.62 Å². The molecule has 0 atom stereocenters. The lowest BCUT2D eigenvalue weighted by Crippen LogP contribution is -2.37. The average Bonchev–Trinajstić information content (AvgIpc) is 2.60. The second kappa shape index (κ2) is 8.17. The van der Waals surface area contributed by atoms with E-state index in [1.807, 2.05) is 32.0 Å². The summed E-state index contributed by atoms with van der Waals surface area (Å²) in [6.45, 7) is 3.32. The highest BCUT2D eigenvalue weighted by atomic mass is 32.2. The van der Waals surface area contributed by atoms with Crippen LogP contribution in [-0.4, -0.2) is 32.0 Å². The number of aryl methyl sites for hydroxylation is 2. The summed E-state index contributed by atoms with van der Waals surface area (Å²) in [6.07, 6.45) is 1.66. The predicted molar refractivity (Wildman–Crippen MR) is 104 cm³/mol. The number of sulfonamides is 1. The lowest BCUT2D eigenvalue weighted by molar-refractivity contribution is -0.384. The molecule has 0 heterocycles. The van der Waals surface area contributed by atoms with E-state index in [9.17, 15) is 23.3 Å². The first-order chi connectivity index (χ1) is 12.6. The van der Waals surface area contributed by atoms with Crippen molar-refractivity contribution in [3.05, 3.63) is 63.7 Å². The third kappa shape index (κ3) is 5.04. The molecule has 0 bridgehead atoms. The molecule has 2 aromatic rings. The summed E-state index contributed by atoms with van der Waals surface area (Å²) in [5.41, 5.74) is 2.25. The van der Waals surface area contributed by atoms with Gasteiger partial charge in [-0.3, -0.25) is 19.2 Å². The number of hydrogen-bond acceptors (Lipinski definition) is 5. The molecule has 0 aliphatic heterocycles. The van der Waals surface area contributed by atoms with Crippen LogP contribution in [0.1, 0.15) is 18.1 Å². The van der Waals surface area contributed by atoms with Crippen molar-refractivity contribution in [2.75, 3.05) is 22.4 Å². The highest BCUT2D eigenvalue weighted by molar-refractivity contribution is 7.92. The molecular formula is C18H21N3O5S. The molecule has 0 spiro atoms. The number of para-hydroxylation sites is 1. The van der Waals surface area contributed by atoms with E-state index in [-0.39, 0.29) is 11.4 Å². The van der Waals surface area contributed by atoms with Crippen LogP contribution in [0.2, 0.25) is 0 Å². The van der Waals surface area contributed by atoms with Gasteiger partial charge in [0.15, 0.2) is 0 Å². The van der Waals surface area contributed by atoms with Gasteiger partial charge in [-0.25, -0.2) is 8.42 Å². The Labute approximate surface area is 158 Å². The Morgan fingerprint density at radius 1 is 1.22 bits per heavy atom. The highest BCUT2D eigenvalue weighted by Crippen LogP contribution is 2.24. The van der Waals surface area contributed by atoms with Crippen LogP contribution in [-0.2, 0) is 21.2 Å². The van der Waals surface area contributed by atoms with Crippen LogP contribution in [0.3, 0.4) is 0 Å². The Hall–Kier alpha value is -2.94. The summed E-state index contributed by atoms with van der Waals surface area (Å²) in [4.78, 5) is 22.9. The fourth-order valence-electron chi connectivity index (χ4n) is 2.67. The third-order valence-electron chi connectivity index (χ3n) is 4.02. The van der Waals surface area contributed by atoms with Crippen LogP contribution in [0.4, 0.5) is 17.1 Å². The normalized spacial score (nSPS) is 11.1. The van der Waals surface area contributed by atoms with Crippen molar-refractivity contribution in [1.29, 1.82) is 0 Å². The molecule has 0 aliphatic carbocycles. The summed E-state index contributed by atoms with van der Waals surface area (Å²) in [5, 5.41) is 13.7. The molecule has 9 heteroatoms. The number of carbonyl (C=O) groups excluding carboxylic acids is 1. The van der Waals surface area contributed by atoms with Gasteiger partial charge in [-0.1, -0.05) is 31.2 Å². The molecule has 2 rings (SSSR count). The van der Waals surface area contributed by atoms with E-state index < -0.39 is 27.4 Å². The number of anilines is 2. The minimum Gasteiger partial charge on any atom is -0.324 e. The van der Waals surface area contributed by atoms with E-state index in [0.717, 1.165) is 27.8 Å². The maximum atomic E-state index is 12.5. The highest BCUT2D eigenvalue weighted by Gasteiger charge is 2.23. The molecule has 0 saturated heterocycles. The number of nitrogens with one attached hydrogen (secondary N) is 1. The molecular weight excluding hydrogens is 370 g/mol. The van der Waals surface area contributed by atoms with E-state index >= 15 is 0 Å². The summed E-state index contributed by atoms with van der Waals surface area (Å²) < 4.78 is 25.2. The van der Waals surface area contributed by atoms with Crippen molar-refractivity contribution in [2.24, 2.45) is 0 Å². The number of rotatable bonds is 7. The fraction of sp³-hybridized carbons (Fsp3) is 0.278. The maximum absolute atomic E-state index is 12.5. The summed E-state index contributed by atoms with van der Waals surface area (Å²) in [7, 11) is -3.82. The standard InChI is InChI=1S/C18H21N3O5S/c1-4-14-8-5-7-13(2)18(14)19-17(22)12-20(27(3,25)26)15-9-6-10-16(11-15)21(23)24/h5-11H,4,12H2,1-3H3,(H,19,22). The van der Waals surface area contributed by atoms with E-state index in [1.165, 1.54) is 18.2 Å². The van der Waals surface area contributed by atoms with Gasteiger partial charge in [0, 0.05) is 17.8 Å². The first-order valence-corrected chi connectivity index (χ1v) is 10.1. The first kappa shape index (κ1) is 20.4. The Kier molecular flexibility index (Phi) is 6.17. The number of nitro benzene ring substituents is 1. The van der Waals surface area contributed by atoms with Gasteiger partial charge < -0.3 is 5.32 Å². The Bertz CT molecular complexity index is 973. The van der Waals surface area contributed by atoms with Gasteiger partial charge in [-0.05, 0) is 30.5 Å². The number of nitro groups is 1. The number of carbonyl (C=O) groups is 1. The van der Waals surface area contributed by atoms with Crippen LogP contribution >= 0.6 is 0 Å². The second-order valence-corrected chi connectivity index (χ2v) is 7.96. The van der Waals surface area contributed by atoms with Gasteiger partial charge in [-0.15, -0.1) is 0 Å². The van der Waals surface area contributed by atoms with Gasteiger partial charge in [-0.2, -0.15) is 0 Å². The van der Waals surface area contributed by atoms with Gasteiger partial charge in [0.25, 0.3) is 5.69 Å². The lowest BCUT2D eigenvalue weighted by Gasteiger charge is -2.22. The quantitative estimate of drug-likeness (QED) is 0.576. The Morgan fingerprint density at radius 3 is 2.48 bits per heavy atom. The number of benzene rings is 2. The lowest BCUT2D eigenvalue weighted by atomic mass is 10.1. The Balaban J connectivity index is 2.32. The third-order valence-corrected chi connectivity index (χ3v) is 5.16. The molecule has 2 aromatic carbocycles. The molecule has 27 heavy (non-hydrogen) atoms. The zero-order valence-corrected chi connectivity index (χ0v) is 16.1. The summed E-state index contributed by atoms with van der Waals surface area (Å²) in [5.74, 6) is -0.532. The summed E-state index contributed by atoms with van der Waals surface area (Å²) in [6, 6.07) is 10.8. The number of non-ortho nitro benzene ring substituents is 1. The largest absolute Gasteiger partial charge is 0.324 e. The average molecular weight is 391 g/mol. The molecule has 1 N–H and O–H groups in total. The molecule has 0 saturated carbocycles. The smallest absolute Gasteiger partial charge is 0.271 e. The zero-order valence-electron chi connectivity index (χ0n) is 15.3. The Morgan fingerprint density at radius 2 is 1.89 bits per heavy atom. The van der Waals surface area contributed by atoms with Gasteiger partial charge in [0.1, 0.15) is 6.54 Å². The topological polar surface area (TPSA) is 110 Å². The van der Waals surface area contributed by atoms with Crippen molar-refractivity contribution < 1.29 is 18.1 Å². The fourth-order valence-corrected chi connectivity index (χ4v) is 3.52. The maximum Gasteiger partial charge on any atom is 0.271 e. The number of nitrogens with zero attached hydrogens (tertiary/aromatic N) is 2. The molecule has 8 nitrogen and oxygen atoms in total. The summed E-state index contributed by atoms with van der Waals surface area (Å²) >= 11 is 0. The molecule has 0 fully saturated rings. The minimum absolute atomic E-state index is 0.0577. The number of hydrogen-bond donors (Lipinski definition) is 1. The molecule has 144 valence electrons. The van der Waals surface area contributed by atoms with E-state index in [4.69, 9.17) is 0 Å². The molecule has 0 aromatic heterocycles. The molecule has 0 unspecified atom stereocenters. The number of amides is 1. The van der Waals surface area contributed by atoms with Crippen molar-refractivity contribution in [3.63, 3.8) is 0 Å². The molecule has 1 amide bonds. The van der Waals surface area contributed by atoms with E-state index in [1.54, 1.807) is 0 Å². The minimum atomic E-state index is -3.82. The van der Waals surface area contributed by atoms with Crippen molar-refractivity contribution in [1.82, 2.24) is 0 Å². The van der Waals surface area contributed by atoms with Crippen LogP contribution in [0.5, 0.6) is 0 Å². The van der Waals surface area contributed by atoms with E-state index in [0.29, 0.717) is 12.1 Å². The predicted octanol–water partition coefficient (Wildman–Crippen LogP) is 2.87. The van der Waals surface area contributed by atoms with Crippen LogP contribution in [0, 0.1) is 17.0 Å². The zero-order chi connectivity index (χ0) is 20.2. The van der Waals surface area contributed by atoms with Crippen LogP contribution in [0.15, 0.2) is 42.5 Å². The first-order valence-electron chi connectivity index (χ1n) is 8.24. The monoisotopic (exact) mass is 391 g/mol. The molecule has 0 aliphatic rings. The van der Waals surface area contributed by atoms with Gasteiger partial charge in [0.2, 0.25) is 15.9 Å². The van der Waals surface area contributed by atoms with Gasteiger partial charge in [0.05, 0.1) is 16.9 Å². The van der Waals surface area contributed by atoms with Gasteiger partial charge >= 0.3 is 0 Å². The van der Waals surface area contributed by atoms with Crippen molar-refractivity contribution >= 4 is 33.0 Å². The second-order valence-electron chi connectivity index (χ2n) is 6.06. The van der Waals surface area contributed by atoms with Crippen LogP contribution in [0.25, 0.3) is 0 Å². The molecule has 0 radical (unpaired) electrons. The van der Waals surface area contributed by atoms with E-state index in [2.05, 4.69) is 5.32 Å². The SMILES string of the molecule is CCc1cccc(C)c1NC(=O)CN(c1cccc([N+](=O)[O-])c1)S(C)(=O)=O. The van der Waals surface area contributed by atoms with Crippen molar-refractivity contribution in [3.8, 4) is 0 Å². The van der Waals surface area contributed by atoms with Crippen molar-refractivity contribution in [2.45, 2.75) is 20.3 Å².